The Bertz CT molecular complexity index is 710. The van der Waals surface area contributed by atoms with Crippen LogP contribution >= 0.6 is 22.9 Å². The minimum absolute atomic E-state index is 0.0126. The number of ether oxygens (including phenoxy) is 3. The number of thiazole rings is 1. The Kier molecular flexibility index (Phi) is 6.29. The third-order valence-electron chi connectivity index (χ3n) is 3.88. The number of benzene rings is 1. The lowest BCUT2D eigenvalue weighted by Crippen LogP contribution is -2.25. The van der Waals surface area contributed by atoms with Crippen LogP contribution in [0.1, 0.15) is 39.6 Å². The normalized spacial score (nSPS) is 17.3. The highest BCUT2D eigenvalue weighted by Crippen LogP contribution is 2.22. The van der Waals surface area contributed by atoms with E-state index < -0.39 is 0 Å². The summed E-state index contributed by atoms with van der Waals surface area (Å²) >= 11 is 7.15. The number of carbonyl (C=O) groups is 1. The van der Waals surface area contributed by atoms with Crippen molar-refractivity contribution in [2.24, 2.45) is 0 Å². The number of esters is 1. The second kappa shape index (κ2) is 8.65. The SMILES string of the molecule is Cc1nc(COc2ccc(Cl)cc2)sc1C(=O)OCC1CCCCO1. The highest BCUT2D eigenvalue weighted by Gasteiger charge is 2.20. The first-order valence-electron chi connectivity index (χ1n) is 8.25. The molecule has 1 saturated heterocycles. The highest BCUT2D eigenvalue weighted by atomic mass is 35.5. The predicted molar refractivity (Wildman–Crippen MR) is 96.5 cm³/mol. The quantitative estimate of drug-likeness (QED) is 0.693. The van der Waals surface area contributed by atoms with Crippen LogP contribution in [0.4, 0.5) is 0 Å². The average Bonchev–Trinajstić information content (AvgIpc) is 3.01. The molecule has 134 valence electrons. The largest absolute Gasteiger partial charge is 0.486 e. The van der Waals surface area contributed by atoms with Gasteiger partial charge in [0.1, 0.15) is 28.8 Å². The van der Waals surface area contributed by atoms with Crippen molar-refractivity contribution in [2.45, 2.75) is 38.9 Å². The molecular weight excluding hydrogens is 362 g/mol. The van der Waals surface area contributed by atoms with E-state index in [1.807, 2.05) is 0 Å². The first kappa shape index (κ1) is 18.2. The minimum Gasteiger partial charge on any atom is -0.486 e. The van der Waals surface area contributed by atoms with E-state index in [4.69, 9.17) is 25.8 Å². The number of rotatable bonds is 6. The fourth-order valence-corrected chi connectivity index (χ4v) is 3.55. The number of hydrogen-bond donors (Lipinski definition) is 0. The third kappa shape index (κ3) is 5.17. The van der Waals surface area contributed by atoms with Crippen molar-refractivity contribution in [3.05, 3.63) is 44.9 Å². The molecule has 1 atom stereocenters. The minimum atomic E-state index is -0.345. The first-order valence-corrected chi connectivity index (χ1v) is 9.44. The fourth-order valence-electron chi connectivity index (χ4n) is 2.55. The summed E-state index contributed by atoms with van der Waals surface area (Å²) in [5, 5.41) is 1.39. The molecule has 1 unspecified atom stereocenters. The number of aryl methyl sites for hydroxylation is 1. The molecule has 0 amide bonds. The molecule has 0 saturated carbocycles. The van der Waals surface area contributed by atoms with Crippen molar-refractivity contribution in [2.75, 3.05) is 13.2 Å². The third-order valence-corrected chi connectivity index (χ3v) is 5.24. The molecule has 3 rings (SSSR count). The predicted octanol–water partition coefficient (Wildman–Crippen LogP) is 4.41. The molecule has 0 spiro atoms. The summed E-state index contributed by atoms with van der Waals surface area (Å²) in [5.74, 6) is 0.359. The lowest BCUT2D eigenvalue weighted by atomic mass is 10.1. The Morgan fingerprint density at radius 1 is 1.36 bits per heavy atom. The van der Waals surface area contributed by atoms with Crippen molar-refractivity contribution in [3.8, 4) is 5.75 Å². The maximum Gasteiger partial charge on any atom is 0.350 e. The van der Waals surface area contributed by atoms with E-state index in [0.29, 0.717) is 34.6 Å². The molecule has 1 aromatic carbocycles. The smallest absolute Gasteiger partial charge is 0.350 e. The Hall–Kier alpha value is -1.63. The van der Waals surface area contributed by atoms with Crippen molar-refractivity contribution >= 4 is 28.9 Å². The molecule has 0 bridgehead atoms. The van der Waals surface area contributed by atoms with E-state index >= 15 is 0 Å². The van der Waals surface area contributed by atoms with E-state index in [1.54, 1.807) is 31.2 Å². The Balaban J connectivity index is 1.53. The van der Waals surface area contributed by atoms with Crippen molar-refractivity contribution < 1.29 is 19.0 Å². The molecule has 25 heavy (non-hydrogen) atoms. The van der Waals surface area contributed by atoms with Gasteiger partial charge in [0.25, 0.3) is 0 Å². The van der Waals surface area contributed by atoms with Gasteiger partial charge in [-0.3, -0.25) is 0 Å². The summed E-state index contributed by atoms with van der Waals surface area (Å²) in [7, 11) is 0. The summed E-state index contributed by atoms with van der Waals surface area (Å²) in [6.45, 7) is 3.14. The van der Waals surface area contributed by atoms with Crippen LogP contribution in [0, 0.1) is 6.92 Å². The Labute approximate surface area is 155 Å². The van der Waals surface area contributed by atoms with E-state index in [2.05, 4.69) is 4.98 Å². The fraction of sp³-hybridized carbons (Fsp3) is 0.444. The number of hydrogen-bond acceptors (Lipinski definition) is 6. The summed E-state index contributed by atoms with van der Waals surface area (Å²) in [6, 6.07) is 7.12. The van der Waals surface area contributed by atoms with Crippen LogP contribution in [-0.2, 0) is 16.1 Å². The molecule has 1 aliphatic heterocycles. The molecule has 0 aliphatic carbocycles. The van der Waals surface area contributed by atoms with Crippen LogP contribution < -0.4 is 4.74 Å². The van der Waals surface area contributed by atoms with Crippen LogP contribution in [-0.4, -0.2) is 30.3 Å². The second-order valence-corrected chi connectivity index (χ2v) is 7.37. The van der Waals surface area contributed by atoms with Gasteiger partial charge in [0, 0.05) is 11.6 Å². The van der Waals surface area contributed by atoms with E-state index in [9.17, 15) is 4.79 Å². The van der Waals surface area contributed by atoms with Gasteiger partial charge in [-0.1, -0.05) is 11.6 Å². The molecule has 1 aliphatic rings. The first-order chi connectivity index (χ1) is 12.1. The zero-order chi connectivity index (χ0) is 17.6. The maximum atomic E-state index is 12.3. The average molecular weight is 382 g/mol. The van der Waals surface area contributed by atoms with Gasteiger partial charge in [-0.25, -0.2) is 9.78 Å². The van der Waals surface area contributed by atoms with Gasteiger partial charge in [0.05, 0.1) is 11.8 Å². The van der Waals surface area contributed by atoms with Crippen LogP contribution in [0.15, 0.2) is 24.3 Å². The van der Waals surface area contributed by atoms with E-state index in [0.717, 1.165) is 30.9 Å². The zero-order valence-electron chi connectivity index (χ0n) is 14.0. The van der Waals surface area contributed by atoms with E-state index in [1.165, 1.54) is 11.3 Å². The van der Waals surface area contributed by atoms with Crippen LogP contribution in [0.3, 0.4) is 0 Å². The second-order valence-electron chi connectivity index (χ2n) is 5.85. The molecule has 7 heteroatoms. The molecule has 1 aromatic heterocycles. The standard InChI is InChI=1S/C18H20ClNO4S/c1-12-17(18(21)24-10-15-4-2-3-9-22-15)25-16(20-12)11-23-14-7-5-13(19)6-8-14/h5-8,15H,2-4,9-11H2,1H3. The van der Waals surface area contributed by atoms with Crippen LogP contribution in [0.5, 0.6) is 5.75 Å². The lowest BCUT2D eigenvalue weighted by molar-refractivity contribution is -0.0298. The van der Waals surface area contributed by atoms with Crippen molar-refractivity contribution in [1.82, 2.24) is 4.98 Å². The number of aromatic nitrogens is 1. The summed E-state index contributed by atoms with van der Waals surface area (Å²) < 4.78 is 16.6. The van der Waals surface area contributed by atoms with Gasteiger partial charge in [0.15, 0.2) is 0 Å². The van der Waals surface area contributed by atoms with Gasteiger partial charge in [0.2, 0.25) is 0 Å². The van der Waals surface area contributed by atoms with Gasteiger partial charge >= 0.3 is 5.97 Å². The van der Waals surface area contributed by atoms with Gasteiger partial charge < -0.3 is 14.2 Å². The molecule has 2 heterocycles. The molecular formula is C18H20ClNO4S. The lowest BCUT2D eigenvalue weighted by Gasteiger charge is -2.21. The Morgan fingerprint density at radius 3 is 2.88 bits per heavy atom. The molecule has 0 radical (unpaired) electrons. The number of halogens is 1. The monoisotopic (exact) mass is 381 g/mol. The molecule has 1 fully saturated rings. The van der Waals surface area contributed by atoms with Gasteiger partial charge in [-0.15, -0.1) is 11.3 Å². The topological polar surface area (TPSA) is 57.7 Å². The zero-order valence-corrected chi connectivity index (χ0v) is 15.6. The van der Waals surface area contributed by atoms with Gasteiger partial charge in [-0.05, 0) is 50.5 Å². The van der Waals surface area contributed by atoms with Crippen molar-refractivity contribution in [1.29, 1.82) is 0 Å². The molecule has 5 nitrogen and oxygen atoms in total. The number of carbonyl (C=O) groups excluding carboxylic acids is 1. The summed E-state index contributed by atoms with van der Waals surface area (Å²) in [4.78, 5) is 17.2. The summed E-state index contributed by atoms with van der Waals surface area (Å²) in [5.41, 5.74) is 0.661. The maximum absolute atomic E-state index is 12.3. The molecule has 0 N–H and O–H groups in total. The molecule has 2 aromatic rings. The van der Waals surface area contributed by atoms with Crippen LogP contribution in [0.2, 0.25) is 5.02 Å². The van der Waals surface area contributed by atoms with Crippen LogP contribution in [0.25, 0.3) is 0 Å². The number of nitrogens with zero attached hydrogens (tertiary/aromatic N) is 1. The highest BCUT2D eigenvalue weighted by molar-refractivity contribution is 7.13. The van der Waals surface area contributed by atoms with Gasteiger partial charge in [-0.2, -0.15) is 0 Å². The Morgan fingerprint density at radius 2 is 2.16 bits per heavy atom. The summed E-state index contributed by atoms with van der Waals surface area (Å²) in [6.07, 6.45) is 3.15. The van der Waals surface area contributed by atoms with Crippen molar-refractivity contribution in [3.63, 3.8) is 0 Å². The van der Waals surface area contributed by atoms with E-state index in [-0.39, 0.29) is 12.1 Å².